The first-order valence-corrected chi connectivity index (χ1v) is 6.20. The molecule has 0 bridgehead atoms. The number of nitrogens with zero attached hydrogens (tertiary/aromatic N) is 2. The van der Waals surface area contributed by atoms with Crippen molar-refractivity contribution in [3.05, 3.63) is 41.6 Å². The van der Waals surface area contributed by atoms with E-state index in [9.17, 15) is 18.4 Å². The number of carbonyl (C=O) groups is 2. The van der Waals surface area contributed by atoms with Crippen molar-refractivity contribution < 1.29 is 18.4 Å². The monoisotopic (exact) mass is 309 g/mol. The molecule has 1 aromatic carbocycles. The van der Waals surface area contributed by atoms with Gasteiger partial charge in [0.1, 0.15) is 23.9 Å². The van der Waals surface area contributed by atoms with Gasteiger partial charge in [0.05, 0.1) is 5.69 Å². The Kier molecular flexibility index (Phi) is 4.35. The molecule has 0 saturated heterocycles. The Morgan fingerprint density at radius 3 is 2.68 bits per heavy atom. The summed E-state index contributed by atoms with van der Waals surface area (Å²) < 4.78 is 27.3. The van der Waals surface area contributed by atoms with Gasteiger partial charge in [-0.05, 0) is 18.2 Å². The number of amides is 2. The molecule has 0 saturated carbocycles. The lowest BCUT2D eigenvalue weighted by Crippen LogP contribution is -2.42. The zero-order valence-electron chi connectivity index (χ0n) is 11.6. The highest BCUT2D eigenvalue weighted by molar-refractivity contribution is 6.04. The highest BCUT2D eigenvalue weighted by Crippen LogP contribution is 2.18. The first kappa shape index (κ1) is 15.4. The molecule has 1 aliphatic heterocycles. The van der Waals surface area contributed by atoms with Gasteiger partial charge in [-0.3, -0.25) is 20.0 Å². The molecule has 7 nitrogen and oxygen atoms in total. The fourth-order valence-electron chi connectivity index (χ4n) is 1.71. The van der Waals surface area contributed by atoms with Crippen molar-refractivity contribution in [3.63, 3.8) is 0 Å². The lowest BCUT2D eigenvalue weighted by Gasteiger charge is -2.22. The van der Waals surface area contributed by atoms with Crippen LogP contribution in [0.25, 0.3) is 0 Å². The molecular weight excluding hydrogens is 296 g/mol. The Bertz CT molecular complexity index is 687. The molecule has 1 aliphatic rings. The topological polar surface area (TPSA) is 99.8 Å². The highest BCUT2D eigenvalue weighted by atomic mass is 19.1. The zero-order valence-corrected chi connectivity index (χ0v) is 11.6. The van der Waals surface area contributed by atoms with Crippen molar-refractivity contribution in [2.45, 2.75) is 6.92 Å². The van der Waals surface area contributed by atoms with Crippen molar-refractivity contribution in [3.8, 4) is 0 Å². The number of hydrogen-bond donors (Lipinski definition) is 3. The minimum Gasteiger partial charge on any atom is -0.396 e. The minimum absolute atomic E-state index is 0.0244. The number of nitrogen functional groups attached to an aromatic ring is 1. The molecule has 0 radical (unpaired) electrons. The number of nitrogens with two attached hydrogens (primary N) is 1. The minimum atomic E-state index is -1.12. The van der Waals surface area contributed by atoms with Gasteiger partial charge < -0.3 is 11.1 Å². The maximum atomic E-state index is 13.7. The van der Waals surface area contributed by atoms with Gasteiger partial charge in [0, 0.05) is 13.1 Å². The molecule has 2 amide bonds. The fraction of sp³-hybridized carbons (Fsp3) is 0.154. The van der Waals surface area contributed by atoms with Gasteiger partial charge in [-0.15, -0.1) is 0 Å². The van der Waals surface area contributed by atoms with Gasteiger partial charge in [0.2, 0.25) is 5.91 Å². The van der Waals surface area contributed by atoms with Crippen LogP contribution in [-0.2, 0) is 4.79 Å². The van der Waals surface area contributed by atoms with Crippen molar-refractivity contribution in [1.29, 1.82) is 0 Å². The van der Waals surface area contributed by atoms with Gasteiger partial charge in [-0.2, -0.15) is 0 Å². The van der Waals surface area contributed by atoms with Crippen LogP contribution in [0.4, 0.5) is 14.5 Å². The Morgan fingerprint density at radius 2 is 2.09 bits per heavy atom. The molecule has 22 heavy (non-hydrogen) atoms. The summed E-state index contributed by atoms with van der Waals surface area (Å²) in [5, 5.41) is 3.67. The number of anilines is 1. The van der Waals surface area contributed by atoms with Crippen molar-refractivity contribution >= 4 is 23.3 Å². The van der Waals surface area contributed by atoms with E-state index in [4.69, 9.17) is 5.73 Å². The van der Waals surface area contributed by atoms with Crippen molar-refractivity contribution in [2.75, 3.05) is 12.4 Å². The number of hydrazine groups is 1. The highest BCUT2D eigenvalue weighted by Gasteiger charge is 2.21. The summed E-state index contributed by atoms with van der Waals surface area (Å²) >= 11 is 0. The van der Waals surface area contributed by atoms with Crippen LogP contribution in [0.1, 0.15) is 17.3 Å². The van der Waals surface area contributed by atoms with E-state index in [0.29, 0.717) is 5.84 Å². The summed E-state index contributed by atoms with van der Waals surface area (Å²) in [6, 6.07) is 1.94. The Labute approximate surface area is 124 Å². The number of nitrogens with one attached hydrogen (secondary N) is 2. The summed E-state index contributed by atoms with van der Waals surface area (Å²) in [6.07, 6.45) is 2.83. The molecule has 116 valence electrons. The lowest BCUT2D eigenvalue weighted by molar-refractivity contribution is -0.117. The van der Waals surface area contributed by atoms with E-state index in [1.165, 1.54) is 24.2 Å². The summed E-state index contributed by atoms with van der Waals surface area (Å²) in [7, 11) is 0. The molecule has 0 aliphatic carbocycles. The normalized spacial score (nSPS) is 13.6. The summed E-state index contributed by atoms with van der Waals surface area (Å²) in [6.45, 7) is 1.30. The first-order chi connectivity index (χ1) is 10.4. The molecule has 2 rings (SSSR count). The predicted molar refractivity (Wildman–Crippen MR) is 75.3 cm³/mol. The average molecular weight is 309 g/mol. The summed E-state index contributed by atoms with van der Waals surface area (Å²) in [5.74, 6) is -3.11. The first-order valence-electron chi connectivity index (χ1n) is 6.20. The lowest BCUT2D eigenvalue weighted by atomic mass is 10.1. The van der Waals surface area contributed by atoms with Crippen molar-refractivity contribution in [2.24, 2.45) is 4.99 Å². The standard InChI is InChI=1S/C13H13F2N5O2/c1-7(21)18-10-4-5-20(6-17-10)19-13(22)11-8(14)2-3-9(16)12(11)15/h2-5H,6,16H2,1H3,(H,19,22)(H,17,18,21). The van der Waals surface area contributed by atoms with Crippen LogP contribution in [0.3, 0.4) is 0 Å². The predicted octanol–water partition coefficient (Wildman–Crippen LogP) is 0.513. The molecule has 0 unspecified atom stereocenters. The molecule has 1 aromatic rings. The van der Waals surface area contributed by atoms with Crippen LogP contribution in [0.15, 0.2) is 29.4 Å². The van der Waals surface area contributed by atoms with E-state index in [-0.39, 0.29) is 18.3 Å². The fourth-order valence-corrected chi connectivity index (χ4v) is 1.71. The second-order valence-electron chi connectivity index (χ2n) is 4.42. The number of halogens is 2. The van der Waals surface area contributed by atoms with Gasteiger partial charge in [0.15, 0.2) is 5.82 Å². The van der Waals surface area contributed by atoms with Gasteiger partial charge in [0.25, 0.3) is 5.91 Å². The van der Waals surface area contributed by atoms with Crippen LogP contribution < -0.4 is 16.5 Å². The number of aliphatic imine (C=N–C) groups is 1. The van der Waals surface area contributed by atoms with Crippen molar-refractivity contribution in [1.82, 2.24) is 15.8 Å². The molecular formula is C13H13F2N5O2. The molecule has 9 heteroatoms. The van der Waals surface area contributed by atoms with Gasteiger partial charge in [-0.25, -0.2) is 13.8 Å². The SMILES string of the molecule is CC(=O)NC1=NCN(NC(=O)c2c(F)ccc(N)c2F)C=C1. The van der Waals surface area contributed by atoms with E-state index in [1.54, 1.807) is 0 Å². The van der Waals surface area contributed by atoms with Gasteiger partial charge >= 0.3 is 0 Å². The molecule has 4 N–H and O–H groups in total. The average Bonchev–Trinajstić information content (AvgIpc) is 2.45. The summed E-state index contributed by atoms with van der Waals surface area (Å²) in [5.41, 5.74) is 6.48. The van der Waals surface area contributed by atoms with E-state index >= 15 is 0 Å². The van der Waals surface area contributed by atoms with E-state index in [1.807, 2.05) is 0 Å². The zero-order chi connectivity index (χ0) is 16.3. The molecule has 1 heterocycles. The smallest absolute Gasteiger partial charge is 0.275 e. The molecule has 0 atom stereocenters. The third-order valence-electron chi connectivity index (χ3n) is 2.70. The number of rotatable bonds is 2. The van der Waals surface area contributed by atoms with Crippen LogP contribution >= 0.6 is 0 Å². The largest absolute Gasteiger partial charge is 0.396 e. The molecule has 0 spiro atoms. The van der Waals surface area contributed by atoms with E-state index < -0.39 is 23.1 Å². The Hall–Kier alpha value is -2.97. The van der Waals surface area contributed by atoms with Crippen LogP contribution in [0, 0.1) is 11.6 Å². The number of amidine groups is 1. The van der Waals surface area contributed by atoms with Crippen LogP contribution in [0.5, 0.6) is 0 Å². The number of carbonyl (C=O) groups excluding carboxylic acids is 2. The number of benzene rings is 1. The number of hydrogen-bond acceptors (Lipinski definition) is 5. The third kappa shape index (κ3) is 3.37. The summed E-state index contributed by atoms with van der Waals surface area (Å²) in [4.78, 5) is 26.7. The Balaban J connectivity index is 2.06. The second kappa shape index (κ2) is 6.20. The second-order valence-corrected chi connectivity index (χ2v) is 4.42. The molecule has 0 fully saturated rings. The van der Waals surface area contributed by atoms with E-state index in [0.717, 1.165) is 12.1 Å². The third-order valence-corrected chi connectivity index (χ3v) is 2.70. The van der Waals surface area contributed by atoms with Crippen LogP contribution in [-0.4, -0.2) is 29.3 Å². The Morgan fingerprint density at radius 1 is 1.36 bits per heavy atom. The quantitative estimate of drug-likeness (QED) is 0.693. The maximum absolute atomic E-state index is 13.7. The molecule has 0 aromatic heterocycles. The van der Waals surface area contributed by atoms with Crippen LogP contribution in [0.2, 0.25) is 0 Å². The van der Waals surface area contributed by atoms with E-state index in [2.05, 4.69) is 15.7 Å². The maximum Gasteiger partial charge on any atom is 0.275 e. The van der Waals surface area contributed by atoms with Gasteiger partial charge in [-0.1, -0.05) is 0 Å².